The Morgan fingerprint density at radius 3 is 2.38 bits per heavy atom. The van der Waals surface area contributed by atoms with Crippen molar-refractivity contribution in [1.29, 1.82) is 0 Å². The molecule has 0 unspecified atom stereocenters. The van der Waals surface area contributed by atoms with E-state index >= 15 is 0 Å². The molecular formula is C10H17N2O3Y-. The molecule has 2 fully saturated rings. The summed E-state index contributed by atoms with van der Waals surface area (Å²) in [5.41, 5.74) is 5.30. The summed E-state index contributed by atoms with van der Waals surface area (Å²) in [6.45, 7) is 3.02. The fourth-order valence-corrected chi connectivity index (χ4v) is 2.08. The Kier molecular flexibility index (Phi) is 5.67. The number of likely N-dealkylation sites (tertiary alicyclic amines) is 1. The van der Waals surface area contributed by atoms with Crippen LogP contribution in [0.4, 0.5) is 0 Å². The number of carbonyl (C=O) groups is 1. The van der Waals surface area contributed by atoms with E-state index in [-0.39, 0.29) is 38.6 Å². The first kappa shape index (κ1) is 14.4. The number of amides is 1. The van der Waals surface area contributed by atoms with Gasteiger partial charge in [0.1, 0.15) is 0 Å². The molecule has 1 radical (unpaired) electrons. The molecule has 6 heteroatoms. The largest absolute Gasteiger partial charge is 0.367 e. The first-order valence-corrected chi connectivity index (χ1v) is 5.36. The first-order valence-electron chi connectivity index (χ1n) is 5.36. The van der Waals surface area contributed by atoms with Crippen molar-refractivity contribution in [3.8, 4) is 0 Å². The topological polar surface area (TPSA) is 64.8 Å². The van der Waals surface area contributed by atoms with E-state index in [1.54, 1.807) is 4.90 Å². The number of hydrogen-bond acceptors (Lipinski definition) is 4. The molecule has 2 aliphatic rings. The molecule has 1 spiro atoms. The van der Waals surface area contributed by atoms with E-state index in [1.807, 2.05) is 0 Å². The summed E-state index contributed by atoms with van der Waals surface area (Å²) in [5, 5.41) is 0. The predicted octanol–water partition coefficient (Wildman–Crippen LogP) is -0.488. The van der Waals surface area contributed by atoms with Crippen LogP contribution in [0.25, 0.3) is 0 Å². The van der Waals surface area contributed by atoms with Gasteiger partial charge in [-0.3, -0.25) is 6.42 Å². The Morgan fingerprint density at radius 2 is 1.88 bits per heavy atom. The number of ether oxygens (including phenoxy) is 2. The molecule has 0 saturated carbocycles. The first-order chi connectivity index (χ1) is 7.26. The Morgan fingerprint density at radius 1 is 1.31 bits per heavy atom. The number of nitrogens with two attached hydrogens (primary N) is 1. The van der Waals surface area contributed by atoms with Crippen molar-refractivity contribution < 1.29 is 47.0 Å². The Bertz CT molecular complexity index is 234. The molecule has 2 heterocycles. The molecule has 2 rings (SSSR count). The van der Waals surface area contributed by atoms with Crippen LogP contribution in [0.3, 0.4) is 0 Å². The van der Waals surface area contributed by atoms with Crippen molar-refractivity contribution in [3.05, 3.63) is 6.42 Å². The maximum absolute atomic E-state index is 11.5. The Labute approximate surface area is 121 Å². The zero-order valence-corrected chi connectivity index (χ0v) is 12.2. The number of carbonyl (C=O) groups excluding carboxylic acids is 1. The molecule has 0 aliphatic carbocycles. The van der Waals surface area contributed by atoms with Crippen LogP contribution in [0.5, 0.6) is 0 Å². The van der Waals surface area contributed by atoms with Gasteiger partial charge in [0.15, 0.2) is 5.79 Å². The molecule has 0 aromatic heterocycles. The minimum absolute atomic E-state index is 0. The van der Waals surface area contributed by atoms with E-state index in [0.29, 0.717) is 32.8 Å². The SMILES string of the molecule is NC[CH-]C(=O)N1CCC2(CC1)OCCO2.[Y]. The standard InChI is InChI=1S/C10H17N2O3.Y/c11-4-1-9(13)12-5-2-10(3-6-12)14-7-8-15-10;/h1H,2-8,11H2;/q-1;. The molecule has 2 N–H and O–H groups in total. The second-order valence-electron chi connectivity index (χ2n) is 3.87. The molecule has 0 aromatic carbocycles. The van der Waals surface area contributed by atoms with E-state index in [9.17, 15) is 4.79 Å². The Hall–Kier alpha value is 0.324. The fourth-order valence-electron chi connectivity index (χ4n) is 2.08. The summed E-state index contributed by atoms with van der Waals surface area (Å²) in [6.07, 6.45) is 3.03. The number of rotatable bonds is 2. The van der Waals surface area contributed by atoms with Gasteiger partial charge in [-0.25, -0.2) is 0 Å². The average molecular weight is 302 g/mol. The molecule has 1 amide bonds. The van der Waals surface area contributed by atoms with Crippen molar-refractivity contribution in [2.45, 2.75) is 18.6 Å². The van der Waals surface area contributed by atoms with Gasteiger partial charge in [0, 0.05) is 58.6 Å². The summed E-state index contributed by atoms with van der Waals surface area (Å²) < 4.78 is 11.1. The smallest absolute Gasteiger partial charge is 0.171 e. The van der Waals surface area contributed by atoms with Gasteiger partial charge in [-0.1, -0.05) is 0 Å². The van der Waals surface area contributed by atoms with E-state index in [4.69, 9.17) is 15.2 Å². The van der Waals surface area contributed by atoms with Crippen LogP contribution in [-0.4, -0.2) is 49.4 Å². The molecule has 2 aliphatic heterocycles. The van der Waals surface area contributed by atoms with Gasteiger partial charge in [0.05, 0.1) is 19.1 Å². The van der Waals surface area contributed by atoms with E-state index in [0.717, 1.165) is 12.8 Å². The van der Waals surface area contributed by atoms with E-state index in [2.05, 4.69) is 0 Å². The van der Waals surface area contributed by atoms with Crippen LogP contribution < -0.4 is 5.73 Å². The minimum atomic E-state index is -0.403. The number of hydrogen-bond donors (Lipinski definition) is 1. The second kappa shape index (κ2) is 6.31. The summed E-state index contributed by atoms with van der Waals surface area (Å²) in [7, 11) is 0. The normalized spacial score (nSPS) is 22.9. The van der Waals surface area contributed by atoms with Crippen LogP contribution in [0.15, 0.2) is 0 Å². The summed E-state index contributed by atoms with van der Waals surface area (Å²) in [6, 6.07) is 0. The quantitative estimate of drug-likeness (QED) is 0.699. The summed E-state index contributed by atoms with van der Waals surface area (Å²) >= 11 is 0. The third-order valence-corrected chi connectivity index (χ3v) is 2.94. The predicted molar refractivity (Wildman–Crippen MR) is 53.8 cm³/mol. The average Bonchev–Trinajstić information content (AvgIpc) is 2.68. The molecule has 89 valence electrons. The third-order valence-electron chi connectivity index (χ3n) is 2.94. The van der Waals surface area contributed by atoms with Crippen LogP contribution in [0.1, 0.15) is 12.8 Å². The summed E-state index contributed by atoms with van der Waals surface area (Å²) in [5.74, 6) is -0.384. The summed E-state index contributed by atoms with van der Waals surface area (Å²) in [4.78, 5) is 13.3. The molecule has 0 atom stereocenters. The number of nitrogens with zero attached hydrogens (tertiary/aromatic N) is 1. The monoisotopic (exact) mass is 302 g/mol. The van der Waals surface area contributed by atoms with Gasteiger partial charge in [-0.15, -0.1) is 6.54 Å². The van der Waals surface area contributed by atoms with Gasteiger partial charge in [0.25, 0.3) is 0 Å². The zero-order chi connectivity index (χ0) is 10.7. The molecule has 2 saturated heterocycles. The van der Waals surface area contributed by atoms with Crippen molar-refractivity contribution in [3.63, 3.8) is 0 Å². The van der Waals surface area contributed by atoms with Crippen molar-refractivity contribution in [2.75, 3.05) is 32.8 Å². The fraction of sp³-hybridized carbons (Fsp3) is 0.800. The van der Waals surface area contributed by atoms with Crippen LogP contribution in [0, 0.1) is 6.42 Å². The maximum atomic E-state index is 11.5. The molecule has 0 aromatic rings. The van der Waals surface area contributed by atoms with Gasteiger partial charge >= 0.3 is 0 Å². The van der Waals surface area contributed by atoms with Crippen LogP contribution >= 0.6 is 0 Å². The van der Waals surface area contributed by atoms with Crippen molar-refractivity contribution in [2.24, 2.45) is 5.73 Å². The van der Waals surface area contributed by atoms with E-state index in [1.165, 1.54) is 6.42 Å². The van der Waals surface area contributed by atoms with Crippen molar-refractivity contribution >= 4 is 5.91 Å². The van der Waals surface area contributed by atoms with E-state index < -0.39 is 5.79 Å². The van der Waals surface area contributed by atoms with Crippen LogP contribution in [0.2, 0.25) is 0 Å². The minimum Gasteiger partial charge on any atom is -0.367 e. The molecule has 16 heavy (non-hydrogen) atoms. The second-order valence-corrected chi connectivity index (χ2v) is 3.87. The third kappa shape index (κ3) is 3.17. The number of piperidine rings is 1. The zero-order valence-electron chi connectivity index (χ0n) is 9.35. The molecular weight excluding hydrogens is 285 g/mol. The van der Waals surface area contributed by atoms with Gasteiger partial charge < -0.3 is 24.9 Å². The maximum Gasteiger partial charge on any atom is 0.171 e. The van der Waals surface area contributed by atoms with Crippen molar-refractivity contribution in [1.82, 2.24) is 4.90 Å². The van der Waals surface area contributed by atoms with Crippen LogP contribution in [-0.2, 0) is 47.0 Å². The van der Waals surface area contributed by atoms with Gasteiger partial charge in [-0.05, 0) is 0 Å². The van der Waals surface area contributed by atoms with Gasteiger partial charge in [-0.2, -0.15) is 0 Å². The molecule has 0 bridgehead atoms. The molecule has 5 nitrogen and oxygen atoms in total. The van der Waals surface area contributed by atoms with Gasteiger partial charge in [0.2, 0.25) is 0 Å². The Balaban J connectivity index is 0.00000128.